The molecule has 0 bridgehead atoms. The molecule has 0 amide bonds. The van der Waals surface area contributed by atoms with Crippen LogP contribution < -0.4 is 0 Å². The van der Waals surface area contributed by atoms with Gasteiger partial charge in [-0.3, -0.25) is 14.4 Å². The van der Waals surface area contributed by atoms with Gasteiger partial charge >= 0.3 is 17.9 Å². The lowest BCUT2D eigenvalue weighted by molar-refractivity contribution is -0.155. The molecule has 0 rings (SSSR count). The number of hydrogen-bond donors (Lipinski definition) is 0. The largest absolute Gasteiger partial charge is 0.466 e. The molecule has 0 aromatic carbocycles. The van der Waals surface area contributed by atoms with Gasteiger partial charge in [0.15, 0.2) is 0 Å². The molecule has 0 aromatic heterocycles. The fourth-order valence-electron chi connectivity index (χ4n) is 0.967. The lowest BCUT2D eigenvalue weighted by atomic mass is 10.1. The summed E-state index contributed by atoms with van der Waals surface area (Å²) < 4.78 is 14.2. The fraction of sp³-hybridized carbons (Fsp3) is 0.727. The molecule has 0 spiro atoms. The van der Waals surface area contributed by atoms with Crippen molar-refractivity contribution in [3.05, 3.63) is 0 Å². The summed E-state index contributed by atoms with van der Waals surface area (Å²) in [5.41, 5.74) is 0. The standard InChI is InChI=1S/C11H18O6/c1-8(4-5-15-9(2)12)11(14)17-7-6-16-10(3)13/h8H,4-7H2,1-3H3. The fourth-order valence-corrected chi connectivity index (χ4v) is 0.967. The Morgan fingerprint density at radius 1 is 0.882 bits per heavy atom. The van der Waals surface area contributed by atoms with Crippen molar-refractivity contribution in [2.24, 2.45) is 5.92 Å². The Morgan fingerprint density at radius 2 is 1.35 bits per heavy atom. The Kier molecular flexibility index (Phi) is 7.75. The van der Waals surface area contributed by atoms with Gasteiger partial charge in [-0.1, -0.05) is 6.92 Å². The third kappa shape index (κ3) is 9.35. The van der Waals surface area contributed by atoms with Crippen molar-refractivity contribution in [2.75, 3.05) is 19.8 Å². The van der Waals surface area contributed by atoms with E-state index in [0.717, 1.165) is 0 Å². The highest BCUT2D eigenvalue weighted by atomic mass is 16.6. The van der Waals surface area contributed by atoms with Crippen LogP contribution >= 0.6 is 0 Å². The molecule has 0 aliphatic carbocycles. The third-order valence-corrected chi connectivity index (χ3v) is 1.89. The monoisotopic (exact) mass is 246 g/mol. The summed E-state index contributed by atoms with van der Waals surface area (Å²) in [7, 11) is 0. The normalized spacial score (nSPS) is 11.5. The lowest BCUT2D eigenvalue weighted by Crippen LogP contribution is -2.20. The Labute approximate surface area is 100 Å². The quantitative estimate of drug-likeness (QED) is 0.373. The van der Waals surface area contributed by atoms with Crippen molar-refractivity contribution < 1.29 is 28.6 Å². The van der Waals surface area contributed by atoms with E-state index in [9.17, 15) is 14.4 Å². The Morgan fingerprint density at radius 3 is 1.88 bits per heavy atom. The minimum Gasteiger partial charge on any atom is -0.466 e. The molecular weight excluding hydrogens is 228 g/mol. The molecule has 98 valence electrons. The summed E-state index contributed by atoms with van der Waals surface area (Å²) in [6.07, 6.45) is 0.409. The van der Waals surface area contributed by atoms with Gasteiger partial charge in [0.2, 0.25) is 0 Å². The molecule has 0 fully saturated rings. The highest BCUT2D eigenvalue weighted by Gasteiger charge is 2.14. The third-order valence-electron chi connectivity index (χ3n) is 1.89. The van der Waals surface area contributed by atoms with Crippen molar-refractivity contribution in [1.82, 2.24) is 0 Å². The first kappa shape index (κ1) is 15.4. The van der Waals surface area contributed by atoms with Gasteiger partial charge in [-0.15, -0.1) is 0 Å². The van der Waals surface area contributed by atoms with E-state index in [2.05, 4.69) is 4.74 Å². The maximum atomic E-state index is 11.4. The van der Waals surface area contributed by atoms with Crippen LogP contribution in [0.25, 0.3) is 0 Å². The number of ether oxygens (including phenoxy) is 3. The maximum absolute atomic E-state index is 11.4. The zero-order chi connectivity index (χ0) is 13.3. The van der Waals surface area contributed by atoms with Crippen LogP contribution in [-0.4, -0.2) is 37.7 Å². The first-order valence-corrected chi connectivity index (χ1v) is 5.37. The van der Waals surface area contributed by atoms with E-state index >= 15 is 0 Å². The molecule has 0 aliphatic heterocycles. The number of rotatable bonds is 7. The second kappa shape index (κ2) is 8.55. The van der Waals surface area contributed by atoms with E-state index in [1.54, 1.807) is 6.92 Å². The SMILES string of the molecule is CC(=O)OCCOC(=O)C(C)CCOC(C)=O. The summed E-state index contributed by atoms with van der Waals surface area (Å²) >= 11 is 0. The molecular formula is C11H18O6. The predicted octanol–water partition coefficient (Wildman–Crippen LogP) is 0.682. The van der Waals surface area contributed by atoms with Crippen LogP contribution in [0.2, 0.25) is 0 Å². The summed E-state index contributed by atoms with van der Waals surface area (Å²) in [6, 6.07) is 0. The smallest absolute Gasteiger partial charge is 0.308 e. The summed E-state index contributed by atoms with van der Waals surface area (Å²) in [4.78, 5) is 32.3. The Bertz CT molecular complexity index is 273. The van der Waals surface area contributed by atoms with Gasteiger partial charge < -0.3 is 14.2 Å². The van der Waals surface area contributed by atoms with Crippen LogP contribution in [0.3, 0.4) is 0 Å². The molecule has 0 radical (unpaired) electrons. The minimum absolute atomic E-state index is 0.0380. The van der Waals surface area contributed by atoms with Crippen molar-refractivity contribution in [3.8, 4) is 0 Å². The molecule has 1 unspecified atom stereocenters. The predicted molar refractivity (Wildman–Crippen MR) is 58.0 cm³/mol. The number of carbonyl (C=O) groups is 3. The number of carbonyl (C=O) groups excluding carboxylic acids is 3. The van der Waals surface area contributed by atoms with Crippen LogP contribution in [0.4, 0.5) is 0 Å². The molecule has 6 heteroatoms. The van der Waals surface area contributed by atoms with Crippen molar-refractivity contribution in [2.45, 2.75) is 27.2 Å². The molecule has 6 nitrogen and oxygen atoms in total. The summed E-state index contributed by atoms with van der Waals surface area (Å²) in [5, 5.41) is 0. The summed E-state index contributed by atoms with van der Waals surface area (Å²) in [6.45, 7) is 4.55. The first-order chi connectivity index (χ1) is 7.93. The van der Waals surface area contributed by atoms with E-state index in [4.69, 9.17) is 9.47 Å². The van der Waals surface area contributed by atoms with Crippen molar-refractivity contribution in [3.63, 3.8) is 0 Å². The van der Waals surface area contributed by atoms with Gasteiger partial charge in [0.25, 0.3) is 0 Å². The van der Waals surface area contributed by atoms with Crippen LogP contribution in [0.15, 0.2) is 0 Å². The van der Waals surface area contributed by atoms with Gasteiger partial charge in [0.05, 0.1) is 12.5 Å². The van der Waals surface area contributed by atoms with E-state index in [-0.39, 0.29) is 31.7 Å². The van der Waals surface area contributed by atoms with Gasteiger partial charge in [0, 0.05) is 13.8 Å². The molecule has 0 aromatic rings. The molecule has 1 atom stereocenters. The second-order valence-corrected chi connectivity index (χ2v) is 3.54. The topological polar surface area (TPSA) is 78.9 Å². The summed E-state index contributed by atoms with van der Waals surface area (Å²) in [5.74, 6) is -1.54. The molecule has 0 N–H and O–H groups in total. The Balaban J connectivity index is 3.60. The number of esters is 3. The number of hydrogen-bond acceptors (Lipinski definition) is 6. The molecule has 0 saturated heterocycles. The van der Waals surface area contributed by atoms with Crippen LogP contribution in [0.5, 0.6) is 0 Å². The maximum Gasteiger partial charge on any atom is 0.308 e. The zero-order valence-corrected chi connectivity index (χ0v) is 10.4. The molecule has 0 heterocycles. The van der Waals surface area contributed by atoms with Gasteiger partial charge in [0.1, 0.15) is 13.2 Å². The van der Waals surface area contributed by atoms with E-state index in [0.29, 0.717) is 6.42 Å². The Hall–Kier alpha value is -1.59. The lowest BCUT2D eigenvalue weighted by Gasteiger charge is -2.11. The van der Waals surface area contributed by atoms with Gasteiger partial charge in [-0.05, 0) is 6.42 Å². The van der Waals surface area contributed by atoms with E-state index in [1.807, 2.05) is 0 Å². The van der Waals surface area contributed by atoms with Crippen molar-refractivity contribution >= 4 is 17.9 Å². The van der Waals surface area contributed by atoms with Gasteiger partial charge in [-0.25, -0.2) is 0 Å². The second-order valence-electron chi connectivity index (χ2n) is 3.54. The van der Waals surface area contributed by atoms with Crippen molar-refractivity contribution in [1.29, 1.82) is 0 Å². The van der Waals surface area contributed by atoms with Gasteiger partial charge in [-0.2, -0.15) is 0 Å². The highest BCUT2D eigenvalue weighted by molar-refractivity contribution is 5.72. The zero-order valence-electron chi connectivity index (χ0n) is 10.4. The first-order valence-electron chi connectivity index (χ1n) is 5.37. The van der Waals surface area contributed by atoms with Crippen LogP contribution in [0.1, 0.15) is 27.2 Å². The average Bonchev–Trinajstić information content (AvgIpc) is 2.23. The van der Waals surface area contributed by atoms with Crippen LogP contribution in [0, 0.1) is 5.92 Å². The van der Waals surface area contributed by atoms with Crippen LogP contribution in [-0.2, 0) is 28.6 Å². The molecule has 0 saturated carbocycles. The molecule has 17 heavy (non-hydrogen) atoms. The average molecular weight is 246 g/mol. The van der Waals surface area contributed by atoms with E-state index in [1.165, 1.54) is 13.8 Å². The van der Waals surface area contributed by atoms with E-state index < -0.39 is 11.9 Å². The highest BCUT2D eigenvalue weighted by Crippen LogP contribution is 2.04. The minimum atomic E-state index is -0.413. The molecule has 0 aliphatic rings.